The fourth-order valence-electron chi connectivity index (χ4n) is 1.33. The summed E-state index contributed by atoms with van der Waals surface area (Å²) in [7, 11) is 0. The van der Waals surface area contributed by atoms with Crippen LogP contribution in [0.5, 0.6) is 0 Å². The first-order valence-corrected chi connectivity index (χ1v) is 5.99. The standard InChI is InChI=1S/C12H13ClN2O5/c13-8-4-2-1-3-7(8)11(18)14-5-10(17)15-9(6-16)12(19)20/h1-4,9,16H,5-6H2,(H,14,18)(H,15,17)(H,19,20). The molecule has 0 aliphatic carbocycles. The van der Waals surface area contributed by atoms with Crippen molar-refractivity contribution in [2.75, 3.05) is 13.2 Å². The normalized spacial score (nSPS) is 11.5. The summed E-state index contributed by atoms with van der Waals surface area (Å²) in [6.07, 6.45) is 0. The van der Waals surface area contributed by atoms with Gasteiger partial charge in [-0.3, -0.25) is 9.59 Å². The monoisotopic (exact) mass is 300 g/mol. The van der Waals surface area contributed by atoms with Crippen molar-refractivity contribution in [2.24, 2.45) is 0 Å². The zero-order valence-electron chi connectivity index (χ0n) is 10.3. The molecule has 7 nitrogen and oxygen atoms in total. The second-order valence-electron chi connectivity index (χ2n) is 3.80. The number of carboxylic acid groups (broad SMARTS) is 1. The quantitative estimate of drug-likeness (QED) is 0.572. The summed E-state index contributed by atoms with van der Waals surface area (Å²) in [5, 5.41) is 22.0. The molecule has 1 atom stereocenters. The van der Waals surface area contributed by atoms with Crippen molar-refractivity contribution < 1.29 is 24.6 Å². The van der Waals surface area contributed by atoms with Gasteiger partial charge in [0.2, 0.25) is 5.91 Å². The van der Waals surface area contributed by atoms with E-state index in [1.807, 2.05) is 0 Å². The van der Waals surface area contributed by atoms with E-state index in [-0.39, 0.29) is 10.6 Å². The minimum Gasteiger partial charge on any atom is -0.480 e. The average Bonchev–Trinajstić information content (AvgIpc) is 2.42. The number of carbonyl (C=O) groups excluding carboxylic acids is 2. The summed E-state index contributed by atoms with van der Waals surface area (Å²) in [6, 6.07) is 4.89. The number of nitrogens with one attached hydrogen (secondary N) is 2. The highest BCUT2D eigenvalue weighted by Crippen LogP contribution is 2.14. The first-order valence-electron chi connectivity index (χ1n) is 5.61. The van der Waals surface area contributed by atoms with Gasteiger partial charge in [-0.05, 0) is 12.1 Å². The van der Waals surface area contributed by atoms with Crippen LogP contribution in [0.1, 0.15) is 10.4 Å². The molecule has 0 saturated carbocycles. The lowest BCUT2D eigenvalue weighted by Crippen LogP contribution is -2.47. The number of halogens is 1. The molecular formula is C12H13ClN2O5. The minimum atomic E-state index is -1.40. The summed E-state index contributed by atoms with van der Waals surface area (Å²) in [5.41, 5.74) is 0.207. The third-order valence-electron chi connectivity index (χ3n) is 2.34. The maximum Gasteiger partial charge on any atom is 0.328 e. The Bertz CT molecular complexity index is 520. The van der Waals surface area contributed by atoms with Crippen LogP contribution in [-0.2, 0) is 9.59 Å². The van der Waals surface area contributed by atoms with E-state index in [9.17, 15) is 14.4 Å². The molecule has 1 unspecified atom stereocenters. The van der Waals surface area contributed by atoms with Crippen molar-refractivity contribution in [2.45, 2.75) is 6.04 Å². The van der Waals surface area contributed by atoms with Crippen LogP contribution in [-0.4, -0.2) is 47.2 Å². The van der Waals surface area contributed by atoms with E-state index in [1.54, 1.807) is 12.1 Å². The molecule has 0 bridgehead atoms. The Labute approximate surface area is 119 Å². The van der Waals surface area contributed by atoms with E-state index < -0.39 is 37.0 Å². The van der Waals surface area contributed by atoms with Crippen molar-refractivity contribution in [3.05, 3.63) is 34.9 Å². The number of amides is 2. The highest BCUT2D eigenvalue weighted by Gasteiger charge is 2.19. The largest absolute Gasteiger partial charge is 0.480 e. The molecule has 20 heavy (non-hydrogen) atoms. The number of hydrogen-bond donors (Lipinski definition) is 4. The number of hydrogen-bond acceptors (Lipinski definition) is 4. The molecule has 108 valence electrons. The Morgan fingerprint density at radius 3 is 2.45 bits per heavy atom. The van der Waals surface area contributed by atoms with E-state index in [0.29, 0.717) is 0 Å². The summed E-state index contributed by atoms with van der Waals surface area (Å²) >= 11 is 5.81. The second-order valence-corrected chi connectivity index (χ2v) is 4.21. The maximum absolute atomic E-state index is 11.7. The molecule has 0 aromatic heterocycles. The Morgan fingerprint density at radius 1 is 1.25 bits per heavy atom. The molecule has 0 heterocycles. The molecule has 0 saturated heterocycles. The highest BCUT2D eigenvalue weighted by atomic mass is 35.5. The van der Waals surface area contributed by atoms with Crippen molar-refractivity contribution >= 4 is 29.4 Å². The lowest BCUT2D eigenvalue weighted by Gasteiger charge is -2.12. The number of aliphatic carboxylic acids is 1. The van der Waals surface area contributed by atoms with Gasteiger partial charge in [-0.2, -0.15) is 0 Å². The van der Waals surface area contributed by atoms with E-state index in [4.69, 9.17) is 21.8 Å². The highest BCUT2D eigenvalue weighted by molar-refractivity contribution is 6.33. The lowest BCUT2D eigenvalue weighted by atomic mass is 10.2. The van der Waals surface area contributed by atoms with E-state index in [0.717, 1.165) is 0 Å². The molecule has 2 amide bonds. The molecule has 1 aromatic rings. The fraction of sp³-hybridized carbons (Fsp3) is 0.250. The number of rotatable bonds is 6. The van der Waals surface area contributed by atoms with Crippen LogP contribution in [0, 0.1) is 0 Å². The zero-order chi connectivity index (χ0) is 15.1. The van der Waals surface area contributed by atoms with Gasteiger partial charge in [-0.1, -0.05) is 23.7 Å². The molecule has 1 rings (SSSR count). The summed E-state index contributed by atoms with van der Waals surface area (Å²) in [4.78, 5) is 33.7. The predicted octanol–water partition coefficient (Wildman–Crippen LogP) is -0.369. The van der Waals surface area contributed by atoms with Crippen LogP contribution in [0.15, 0.2) is 24.3 Å². The van der Waals surface area contributed by atoms with Gasteiger partial charge in [0.15, 0.2) is 0 Å². The van der Waals surface area contributed by atoms with Crippen LogP contribution < -0.4 is 10.6 Å². The summed E-state index contributed by atoms with van der Waals surface area (Å²) in [5.74, 6) is -2.65. The van der Waals surface area contributed by atoms with Crippen LogP contribution in [0.2, 0.25) is 5.02 Å². The van der Waals surface area contributed by atoms with Crippen molar-refractivity contribution in [1.82, 2.24) is 10.6 Å². The van der Waals surface area contributed by atoms with Crippen LogP contribution >= 0.6 is 11.6 Å². The fourth-order valence-corrected chi connectivity index (χ4v) is 1.55. The Morgan fingerprint density at radius 2 is 1.90 bits per heavy atom. The minimum absolute atomic E-state index is 0.207. The molecule has 1 aromatic carbocycles. The van der Waals surface area contributed by atoms with Gasteiger partial charge >= 0.3 is 5.97 Å². The molecule has 0 spiro atoms. The zero-order valence-corrected chi connectivity index (χ0v) is 11.1. The van der Waals surface area contributed by atoms with Crippen LogP contribution in [0.4, 0.5) is 0 Å². The van der Waals surface area contributed by atoms with Gasteiger partial charge in [0.05, 0.1) is 23.7 Å². The molecule has 0 aliphatic rings. The Balaban J connectivity index is 2.51. The molecular weight excluding hydrogens is 288 g/mol. The number of aliphatic hydroxyl groups is 1. The first-order chi connectivity index (χ1) is 9.45. The van der Waals surface area contributed by atoms with Crippen LogP contribution in [0.3, 0.4) is 0 Å². The predicted molar refractivity (Wildman–Crippen MR) is 70.4 cm³/mol. The third-order valence-corrected chi connectivity index (χ3v) is 2.67. The van der Waals surface area contributed by atoms with Crippen LogP contribution in [0.25, 0.3) is 0 Å². The number of carboxylic acids is 1. The first kappa shape index (κ1) is 15.9. The number of carbonyl (C=O) groups is 3. The number of aliphatic hydroxyl groups excluding tert-OH is 1. The van der Waals surface area contributed by atoms with Gasteiger partial charge in [-0.15, -0.1) is 0 Å². The van der Waals surface area contributed by atoms with Gasteiger partial charge in [0.1, 0.15) is 6.04 Å². The summed E-state index contributed by atoms with van der Waals surface area (Å²) < 4.78 is 0. The third kappa shape index (κ3) is 4.52. The molecule has 4 N–H and O–H groups in total. The van der Waals surface area contributed by atoms with Gasteiger partial charge in [0, 0.05) is 0 Å². The molecule has 8 heteroatoms. The Hall–Kier alpha value is -2.12. The van der Waals surface area contributed by atoms with E-state index in [1.165, 1.54) is 12.1 Å². The maximum atomic E-state index is 11.7. The lowest BCUT2D eigenvalue weighted by molar-refractivity contribution is -0.142. The van der Waals surface area contributed by atoms with E-state index >= 15 is 0 Å². The molecule has 0 fully saturated rings. The SMILES string of the molecule is O=C(CNC(=O)c1ccccc1Cl)NC(CO)C(=O)O. The number of benzene rings is 1. The van der Waals surface area contributed by atoms with Crippen molar-refractivity contribution in [1.29, 1.82) is 0 Å². The summed E-state index contributed by atoms with van der Waals surface area (Å²) in [6.45, 7) is -1.16. The molecule has 0 aliphatic heterocycles. The smallest absolute Gasteiger partial charge is 0.328 e. The van der Waals surface area contributed by atoms with E-state index in [2.05, 4.69) is 10.6 Å². The topological polar surface area (TPSA) is 116 Å². The van der Waals surface area contributed by atoms with Gasteiger partial charge in [0.25, 0.3) is 5.91 Å². The van der Waals surface area contributed by atoms with Crippen molar-refractivity contribution in [3.8, 4) is 0 Å². The molecule has 0 radical (unpaired) electrons. The van der Waals surface area contributed by atoms with Crippen molar-refractivity contribution in [3.63, 3.8) is 0 Å². The average molecular weight is 301 g/mol. The van der Waals surface area contributed by atoms with Gasteiger partial charge in [-0.25, -0.2) is 4.79 Å². The van der Waals surface area contributed by atoms with Gasteiger partial charge < -0.3 is 20.8 Å². The second kappa shape index (κ2) is 7.46. The Kier molecular flexibility index (Phi) is 5.95.